The van der Waals surface area contributed by atoms with Gasteiger partial charge in [-0.2, -0.15) is 18.3 Å². The van der Waals surface area contributed by atoms with E-state index in [0.717, 1.165) is 5.69 Å². The maximum Gasteiger partial charge on any atom is 0.405 e. The molecule has 2 N–H and O–H groups in total. The molecule has 2 rings (SSSR count). The van der Waals surface area contributed by atoms with Crippen LogP contribution < -0.4 is 10.6 Å². The summed E-state index contributed by atoms with van der Waals surface area (Å²) in [6, 6.07) is 7.43. The highest BCUT2D eigenvalue weighted by Crippen LogP contribution is 2.22. The summed E-state index contributed by atoms with van der Waals surface area (Å²) in [5.74, 6) is -1.29. The molecule has 9 heteroatoms. The summed E-state index contributed by atoms with van der Waals surface area (Å²) in [6.07, 6.45) is -4.50. The molecule has 1 aromatic heterocycles. The quantitative estimate of drug-likeness (QED) is 0.808. The zero-order valence-corrected chi connectivity index (χ0v) is 16.1. The van der Waals surface area contributed by atoms with Crippen LogP contribution in [-0.4, -0.2) is 34.3 Å². The molecule has 0 aliphatic carbocycles. The Morgan fingerprint density at radius 3 is 2.36 bits per heavy atom. The van der Waals surface area contributed by atoms with E-state index in [2.05, 4.69) is 10.4 Å². The average Bonchev–Trinajstić information content (AvgIpc) is 3.04. The molecule has 1 aromatic carbocycles. The number of benzene rings is 1. The predicted molar refractivity (Wildman–Crippen MR) is 99.4 cm³/mol. The van der Waals surface area contributed by atoms with Crippen LogP contribution in [0.5, 0.6) is 0 Å². The summed E-state index contributed by atoms with van der Waals surface area (Å²) < 4.78 is 38.3. The first-order chi connectivity index (χ1) is 12.9. The molecule has 0 aliphatic rings. The first-order valence-corrected chi connectivity index (χ1v) is 8.75. The van der Waals surface area contributed by atoms with Crippen LogP contribution in [0.15, 0.2) is 30.3 Å². The number of hydrogen-bond donors (Lipinski definition) is 2. The van der Waals surface area contributed by atoms with E-state index >= 15 is 0 Å². The molecule has 152 valence electrons. The van der Waals surface area contributed by atoms with Gasteiger partial charge in [0.1, 0.15) is 12.2 Å². The van der Waals surface area contributed by atoms with Crippen LogP contribution in [0.1, 0.15) is 54.2 Å². The Bertz CT molecular complexity index is 867. The van der Waals surface area contributed by atoms with Crippen molar-refractivity contribution in [2.45, 2.75) is 45.8 Å². The van der Waals surface area contributed by atoms with Crippen LogP contribution >= 0.6 is 0 Å². The molecule has 6 nitrogen and oxygen atoms in total. The van der Waals surface area contributed by atoms with Gasteiger partial charge in [0.15, 0.2) is 0 Å². The van der Waals surface area contributed by atoms with Gasteiger partial charge in [-0.3, -0.25) is 14.3 Å². The Kier molecular flexibility index (Phi) is 6.16. The summed E-state index contributed by atoms with van der Waals surface area (Å²) in [5.41, 5.74) is 1.21. The van der Waals surface area contributed by atoms with Gasteiger partial charge in [0.25, 0.3) is 11.8 Å². The first-order valence-electron chi connectivity index (χ1n) is 8.75. The van der Waals surface area contributed by atoms with Crippen LogP contribution in [0.4, 0.5) is 18.9 Å². The highest BCUT2D eigenvalue weighted by atomic mass is 19.4. The molecule has 0 saturated carbocycles. The van der Waals surface area contributed by atoms with Crippen LogP contribution in [0.25, 0.3) is 0 Å². The molecule has 2 amide bonds. The number of anilines is 1. The van der Waals surface area contributed by atoms with Crippen molar-refractivity contribution < 1.29 is 22.8 Å². The van der Waals surface area contributed by atoms with Crippen LogP contribution in [0.3, 0.4) is 0 Å². The smallest absolute Gasteiger partial charge is 0.343 e. The normalized spacial score (nSPS) is 12.0. The second-order valence-corrected chi connectivity index (χ2v) is 7.31. The molecule has 1 heterocycles. The minimum absolute atomic E-state index is 0.0152. The van der Waals surface area contributed by atoms with E-state index in [9.17, 15) is 22.8 Å². The Morgan fingerprint density at radius 1 is 1.11 bits per heavy atom. The number of nitrogens with one attached hydrogen (secondary N) is 2. The maximum atomic E-state index is 12.7. The van der Waals surface area contributed by atoms with Gasteiger partial charge in [-0.25, -0.2) is 0 Å². The Labute approximate surface area is 161 Å². The third-order valence-electron chi connectivity index (χ3n) is 3.91. The molecule has 0 aliphatic heterocycles. The Morgan fingerprint density at radius 2 is 1.79 bits per heavy atom. The van der Waals surface area contributed by atoms with Crippen molar-refractivity contribution in [1.29, 1.82) is 0 Å². The van der Waals surface area contributed by atoms with E-state index in [-0.39, 0.29) is 11.0 Å². The first kappa shape index (κ1) is 21.5. The summed E-state index contributed by atoms with van der Waals surface area (Å²) in [5, 5.41) is 8.90. The van der Waals surface area contributed by atoms with Crippen molar-refractivity contribution in [3.63, 3.8) is 0 Å². The van der Waals surface area contributed by atoms with Crippen LogP contribution in [0.2, 0.25) is 0 Å². The largest absolute Gasteiger partial charge is 0.405 e. The van der Waals surface area contributed by atoms with Gasteiger partial charge < -0.3 is 10.6 Å². The second kappa shape index (κ2) is 8.04. The summed E-state index contributed by atoms with van der Waals surface area (Å²) in [7, 11) is 0. The van der Waals surface area contributed by atoms with E-state index in [4.69, 9.17) is 0 Å². The van der Waals surface area contributed by atoms with Crippen molar-refractivity contribution in [3.05, 3.63) is 47.3 Å². The summed E-state index contributed by atoms with van der Waals surface area (Å²) in [4.78, 5) is 24.5. The van der Waals surface area contributed by atoms with E-state index in [0.29, 0.717) is 17.9 Å². The summed E-state index contributed by atoms with van der Waals surface area (Å²) in [6.45, 7) is 6.90. The number of nitrogens with zero attached hydrogens (tertiary/aromatic N) is 2. The minimum atomic E-state index is -4.50. The zero-order chi connectivity index (χ0) is 21.1. The van der Waals surface area contributed by atoms with Crippen molar-refractivity contribution >= 4 is 17.5 Å². The number of amides is 2. The monoisotopic (exact) mass is 396 g/mol. The molecular formula is C19H23F3N4O2. The highest BCUT2D eigenvalue weighted by Gasteiger charge is 2.28. The fraction of sp³-hybridized carbons (Fsp3) is 0.421. The van der Waals surface area contributed by atoms with E-state index in [1.807, 2.05) is 27.7 Å². The second-order valence-electron chi connectivity index (χ2n) is 7.31. The topological polar surface area (TPSA) is 76.0 Å². The van der Waals surface area contributed by atoms with E-state index < -0.39 is 24.5 Å². The third-order valence-corrected chi connectivity index (χ3v) is 3.91. The number of carbonyl (C=O) groups is 2. The van der Waals surface area contributed by atoms with Gasteiger partial charge in [-0.15, -0.1) is 0 Å². The fourth-order valence-corrected chi connectivity index (χ4v) is 2.42. The molecule has 2 aromatic rings. The van der Waals surface area contributed by atoms with Crippen LogP contribution in [-0.2, 0) is 12.0 Å². The fourth-order valence-electron chi connectivity index (χ4n) is 2.42. The van der Waals surface area contributed by atoms with E-state index in [1.165, 1.54) is 18.2 Å². The van der Waals surface area contributed by atoms with Crippen molar-refractivity contribution in [3.8, 4) is 0 Å². The Balaban J connectivity index is 2.17. The van der Waals surface area contributed by atoms with Crippen LogP contribution in [0, 0.1) is 0 Å². The van der Waals surface area contributed by atoms with Crippen molar-refractivity contribution in [2.75, 3.05) is 11.9 Å². The summed E-state index contributed by atoms with van der Waals surface area (Å²) >= 11 is 0. The number of alkyl halides is 3. The number of hydrogen-bond acceptors (Lipinski definition) is 3. The maximum absolute atomic E-state index is 12.7. The molecular weight excluding hydrogens is 373 g/mol. The lowest BCUT2D eigenvalue weighted by Crippen LogP contribution is -2.33. The van der Waals surface area contributed by atoms with Crippen molar-refractivity contribution in [1.82, 2.24) is 15.1 Å². The average molecular weight is 396 g/mol. The molecule has 0 unspecified atom stereocenters. The third kappa shape index (κ3) is 5.58. The Hall–Kier alpha value is -2.84. The molecule has 0 saturated heterocycles. The standard InChI is InChI=1S/C19H23F3N4O2/c1-5-26-14(10-15(25-26)18(2,3)4)17(28)24-13-8-6-7-12(9-13)16(27)23-11-19(20,21)22/h6-10H,5,11H2,1-4H3,(H,23,27)(H,24,28). The number of halogens is 3. The molecule has 0 spiro atoms. The highest BCUT2D eigenvalue weighted by molar-refractivity contribution is 6.04. The molecule has 0 atom stereocenters. The van der Waals surface area contributed by atoms with Gasteiger partial charge in [-0.1, -0.05) is 26.8 Å². The number of aromatic nitrogens is 2. The van der Waals surface area contributed by atoms with Gasteiger partial charge >= 0.3 is 6.18 Å². The van der Waals surface area contributed by atoms with Gasteiger partial charge in [0.05, 0.1) is 5.69 Å². The molecule has 0 fully saturated rings. The molecule has 28 heavy (non-hydrogen) atoms. The number of carbonyl (C=O) groups excluding carboxylic acids is 2. The molecule has 0 radical (unpaired) electrons. The van der Waals surface area contributed by atoms with E-state index in [1.54, 1.807) is 22.1 Å². The lowest BCUT2D eigenvalue weighted by atomic mass is 9.92. The minimum Gasteiger partial charge on any atom is -0.343 e. The lowest BCUT2D eigenvalue weighted by molar-refractivity contribution is -0.123. The SMILES string of the molecule is CCn1nc(C(C)(C)C)cc1C(=O)Nc1cccc(C(=O)NCC(F)(F)F)c1. The lowest BCUT2D eigenvalue weighted by Gasteiger charge is -2.13. The van der Waals surface area contributed by atoms with Gasteiger partial charge in [0.2, 0.25) is 0 Å². The van der Waals surface area contributed by atoms with Crippen molar-refractivity contribution in [2.24, 2.45) is 0 Å². The molecule has 0 bridgehead atoms. The number of rotatable bonds is 5. The van der Waals surface area contributed by atoms with Gasteiger partial charge in [0, 0.05) is 23.2 Å². The number of aryl methyl sites for hydroxylation is 1. The van der Waals surface area contributed by atoms with Gasteiger partial charge in [-0.05, 0) is 31.2 Å². The zero-order valence-electron chi connectivity index (χ0n) is 16.1. The predicted octanol–water partition coefficient (Wildman–Crippen LogP) is 3.74.